The van der Waals surface area contributed by atoms with Gasteiger partial charge in [-0.3, -0.25) is 33.6 Å². The summed E-state index contributed by atoms with van der Waals surface area (Å²) in [7, 11) is -3.15. The second kappa shape index (κ2) is 25.7. The summed E-state index contributed by atoms with van der Waals surface area (Å²) in [6.45, 7) is 2.83. The number of benzene rings is 1. The predicted molar refractivity (Wildman–Crippen MR) is 215 cm³/mol. The van der Waals surface area contributed by atoms with Crippen molar-refractivity contribution in [2.75, 3.05) is 13.1 Å². The van der Waals surface area contributed by atoms with E-state index in [2.05, 4.69) is 14.8 Å². The van der Waals surface area contributed by atoms with Crippen molar-refractivity contribution >= 4 is 52.3 Å². The third-order valence-electron chi connectivity index (χ3n) is 10.8. The van der Waals surface area contributed by atoms with E-state index in [4.69, 9.17) is 17.2 Å². The van der Waals surface area contributed by atoms with E-state index in [0.29, 0.717) is 4.90 Å². The van der Waals surface area contributed by atoms with Crippen LogP contribution in [0.25, 0.3) is 0 Å². The maximum absolute atomic E-state index is 14.0. The molecule has 0 spiro atoms. The van der Waals surface area contributed by atoms with Crippen LogP contribution in [0, 0.1) is 11.8 Å². The molecule has 66 heavy (non-hydrogen) atoms. The molecule has 2 aliphatic rings. The van der Waals surface area contributed by atoms with Gasteiger partial charge in [-0.2, -0.15) is 0 Å². The third-order valence-corrected chi connectivity index (χ3v) is 11.1. The normalized spacial score (nSPS) is 23.8. The molecule has 0 bridgehead atoms. The number of carbonyl (C=O) groups is 7. The number of phenols is 1. The van der Waals surface area contributed by atoms with Crippen molar-refractivity contribution in [1.82, 2.24) is 25.8 Å². The molecule has 15 unspecified atom stereocenters. The smallest absolute Gasteiger partial charge is 0.530 e. The Morgan fingerprint density at radius 1 is 0.864 bits per heavy atom. The van der Waals surface area contributed by atoms with Crippen LogP contribution in [0.3, 0.4) is 0 Å². The number of likely N-dealkylation sites (tertiary alicyclic amines) is 2. The number of hydrogen-bond donors (Lipinski definition) is 15. The Morgan fingerprint density at radius 2 is 1.44 bits per heavy atom. The van der Waals surface area contributed by atoms with Crippen molar-refractivity contribution in [1.29, 1.82) is 0 Å². The molecule has 1 aromatic rings. The summed E-state index contributed by atoms with van der Waals surface area (Å²) < 4.78 is 26.3. The van der Waals surface area contributed by atoms with Crippen LogP contribution in [0.1, 0.15) is 51.7 Å². The van der Waals surface area contributed by atoms with Crippen molar-refractivity contribution in [3.63, 3.8) is 0 Å². The van der Waals surface area contributed by atoms with E-state index in [1.165, 1.54) is 6.92 Å². The molecule has 30 heteroatoms. The zero-order valence-electron chi connectivity index (χ0n) is 36.1. The minimum Gasteiger partial charge on any atom is -0.530 e. The standard InChI is InChI=1S/C36H55N8O19S.Na.H2O/c1-12-10-44(36(60)25(20(48)9-23(38)50)41-31(55)13(2)28(52)29(53)15-4-5-19(47)22(6-15)63-64(61)62)26(27(12)51)34(58)42-33(57)21(49)8-17(37)32(56)40-24(14(3)45)35(59)43-11-16(46)7-18(43)30(39)54;;/h4-6,12-14,16-18,20-21,24-29,33,45-49,51-53,57H,7-11,37H2,1-3H3,(H2,38,50)(H2,39,54)(H,40,56)(H,41,55)(H,42,58);;1H2/q-1;+1;. The van der Waals surface area contributed by atoms with E-state index in [1.54, 1.807) is 0 Å². The van der Waals surface area contributed by atoms with E-state index in [-0.39, 0.29) is 53.6 Å². The van der Waals surface area contributed by atoms with E-state index in [1.807, 2.05) is 5.32 Å². The van der Waals surface area contributed by atoms with Gasteiger partial charge in [0.25, 0.3) is 0 Å². The second-order valence-electron chi connectivity index (χ2n) is 15.8. The predicted octanol–water partition coefficient (Wildman–Crippen LogP) is -12.0. The maximum atomic E-state index is 14.0. The summed E-state index contributed by atoms with van der Waals surface area (Å²) in [5.74, 6) is -11.9. The molecule has 2 aliphatic heterocycles. The third kappa shape index (κ3) is 15.1. The Morgan fingerprint density at radius 3 is 1.98 bits per heavy atom. The van der Waals surface area contributed by atoms with Crippen LogP contribution in [0.5, 0.6) is 11.5 Å². The molecule has 15 atom stereocenters. The molecule has 0 aromatic heterocycles. The monoisotopic (exact) mass is 976 g/mol. The molecular formula is C36H57N8NaO20S. The Labute approximate surface area is 400 Å². The minimum atomic E-state index is -3.15. The molecule has 3 rings (SSSR count). The van der Waals surface area contributed by atoms with E-state index in [9.17, 15) is 87.9 Å². The van der Waals surface area contributed by atoms with E-state index < -0.39 is 174 Å². The summed E-state index contributed by atoms with van der Waals surface area (Å²) in [5, 5.41) is 101. The first-order valence-electron chi connectivity index (χ1n) is 19.6. The molecule has 368 valence electrons. The van der Waals surface area contributed by atoms with Crippen LogP contribution >= 0.6 is 0 Å². The summed E-state index contributed by atoms with van der Waals surface area (Å²) in [6, 6.07) is -5.88. The van der Waals surface area contributed by atoms with Gasteiger partial charge in [0.2, 0.25) is 41.4 Å². The molecule has 1 aromatic carbocycles. The van der Waals surface area contributed by atoms with E-state index in [0.717, 1.165) is 36.9 Å². The molecule has 2 saturated heterocycles. The fraction of sp³-hybridized carbons (Fsp3) is 0.639. The number of aliphatic hydroxyl groups is 8. The van der Waals surface area contributed by atoms with Gasteiger partial charge in [-0.05, 0) is 24.6 Å². The number of amides is 7. The largest absolute Gasteiger partial charge is 1.00 e. The average molecular weight is 977 g/mol. The number of hydrogen-bond acceptors (Lipinski definition) is 21. The van der Waals surface area contributed by atoms with Crippen molar-refractivity contribution in [2.45, 2.75) is 119 Å². The van der Waals surface area contributed by atoms with Gasteiger partial charge in [0.05, 0.1) is 48.9 Å². The molecule has 28 nitrogen and oxygen atoms in total. The number of primary amides is 2. The molecule has 0 saturated carbocycles. The molecule has 0 radical (unpaired) electrons. The summed E-state index contributed by atoms with van der Waals surface area (Å²) in [5.41, 5.74) is 16.2. The zero-order chi connectivity index (χ0) is 48.7. The topological polar surface area (TPSA) is 497 Å². The Hall–Kier alpha value is -4.34. The van der Waals surface area contributed by atoms with Crippen molar-refractivity contribution in [3.05, 3.63) is 23.8 Å². The number of nitrogens with one attached hydrogen (secondary N) is 3. The number of β-amino-alcohol motifs (C(OH)–C–C–N with tert-alkyl or cyclic N) is 1. The first kappa shape index (κ1) is 59.7. The fourth-order valence-electron chi connectivity index (χ4n) is 7.12. The number of nitrogens with two attached hydrogens (primary N) is 3. The molecule has 2 heterocycles. The van der Waals surface area contributed by atoms with Crippen molar-refractivity contribution in [2.24, 2.45) is 29.0 Å². The minimum absolute atomic E-state index is 0. The number of carbonyl (C=O) groups excluding carboxylic acids is 7. The van der Waals surface area contributed by atoms with E-state index >= 15 is 0 Å². The van der Waals surface area contributed by atoms with Gasteiger partial charge in [0, 0.05) is 31.8 Å². The summed E-state index contributed by atoms with van der Waals surface area (Å²) in [4.78, 5) is 92.4. The molecule has 0 aliphatic carbocycles. The molecule has 20 N–H and O–H groups in total. The maximum Gasteiger partial charge on any atom is 1.00 e. The van der Waals surface area contributed by atoms with Crippen molar-refractivity contribution in [3.8, 4) is 11.5 Å². The number of nitrogens with zero attached hydrogens (tertiary/aromatic N) is 2. The number of phenolic OH excluding ortho intramolecular Hbond substituents is 1. The summed E-state index contributed by atoms with van der Waals surface area (Å²) in [6.07, 6.45) is -16.7. The van der Waals surface area contributed by atoms with Gasteiger partial charge in [-0.1, -0.05) is 19.9 Å². The van der Waals surface area contributed by atoms with Gasteiger partial charge in [0.15, 0.2) is 12.0 Å². The zero-order valence-corrected chi connectivity index (χ0v) is 38.9. The Balaban J connectivity index is 0.0000109. The quantitative estimate of drug-likeness (QED) is 0.0309. The van der Waals surface area contributed by atoms with Gasteiger partial charge >= 0.3 is 29.6 Å². The van der Waals surface area contributed by atoms with Crippen LogP contribution in [-0.4, -0.2) is 189 Å². The van der Waals surface area contributed by atoms with Gasteiger partial charge < -0.3 is 107 Å². The molecular weight excluding hydrogens is 919 g/mol. The van der Waals surface area contributed by atoms with Crippen LogP contribution in [0.4, 0.5) is 0 Å². The van der Waals surface area contributed by atoms with Gasteiger partial charge in [0.1, 0.15) is 53.1 Å². The van der Waals surface area contributed by atoms with Gasteiger partial charge in [-0.25, -0.2) is 0 Å². The number of aromatic hydroxyl groups is 1. The van der Waals surface area contributed by atoms with Crippen molar-refractivity contribution < 1.29 is 127 Å². The Bertz CT molecular complexity index is 1980. The van der Waals surface area contributed by atoms with Gasteiger partial charge in [-0.15, -0.1) is 0 Å². The van der Waals surface area contributed by atoms with Crippen LogP contribution in [0.2, 0.25) is 0 Å². The first-order chi connectivity index (χ1) is 29.7. The van der Waals surface area contributed by atoms with Crippen LogP contribution in [-0.2, 0) is 53.0 Å². The Kier molecular flexibility index (Phi) is 23.2. The van der Waals surface area contributed by atoms with Crippen LogP contribution in [0.15, 0.2) is 18.2 Å². The fourth-order valence-corrected chi connectivity index (χ4v) is 7.40. The number of rotatable bonds is 21. The average Bonchev–Trinajstić information content (AvgIpc) is 3.75. The SMILES string of the molecule is CC(O)C(NC(=O)C(N)CC(O)C(O)NC(=O)C1C(O)C(C)CN1C(=O)C(NC(=O)C(C)C(O)C(O)c1ccc(O)c(O[S-](=O)=O)c1)C(O)CC(N)=O)C(=O)N1CC(O)CC1C(N)=O.O.[Na+]. The second-order valence-corrected chi connectivity index (χ2v) is 16.3. The number of aliphatic hydroxyl groups excluding tert-OH is 8. The summed E-state index contributed by atoms with van der Waals surface area (Å²) >= 11 is 0. The molecule has 2 fully saturated rings. The van der Waals surface area contributed by atoms with Crippen LogP contribution < -0.4 is 66.9 Å². The molecule has 7 amide bonds. The first-order valence-corrected chi connectivity index (χ1v) is 20.6.